The maximum atomic E-state index is 13.8. The number of pyridine rings is 1. The number of carbonyl (C=O) groups excluding carboxylic acids is 1. The van der Waals surface area contributed by atoms with Crippen molar-refractivity contribution in [1.82, 2.24) is 25.2 Å². The van der Waals surface area contributed by atoms with Crippen molar-refractivity contribution in [1.29, 1.82) is 0 Å². The van der Waals surface area contributed by atoms with E-state index in [0.717, 1.165) is 11.8 Å². The Morgan fingerprint density at radius 3 is 2.77 bits per heavy atom. The predicted octanol–water partition coefficient (Wildman–Crippen LogP) is 4.67. The fourth-order valence-corrected chi connectivity index (χ4v) is 4.00. The number of aryl methyl sites for hydroxylation is 1. The average molecular weight is 435 g/mol. The van der Waals surface area contributed by atoms with Crippen LogP contribution in [0.3, 0.4) is 0 Å². The van der Waals surface area contributed by atoms with E-state index in [4.69, 9.17) is 4.52 Å². The third-order valence-corrected chi connectivity index (χ3v) is 5.73. The summed E-state index contributed by atoms with van der Waals surface area (Å²) in [6.45, 7) is 6.47. The van der Waals surface area contributed by atoms with Crippen molar-refractivity contribution in [2.75, 3.05) is 13.1 Å². The number of likely N-dealkylation sites (tertiary alicyclic amines) is 1. The molecule has 1 atom stereocenters. The van der Waals surface area contributed by atoms with Crippen LogP contribution in [0.1, 0.15) is 78.6 Å². The molecule has 1 aliphatic heterocycles. The van der Waals surface area contributed by atoms with E-state index in [9.17, 15) is 18.0 Å². The molecule has 4 heterocycles. The van der Waals surface area contributed by atoms with Crippen LogP contribution in [0.4, 0.5) is 13.2 Å². The number of halogens is 3. The lowest BCUT2D eigenvalue weighted by Crippen LogP contribution is -2.39. The van der Waals surface area contributed by atoms with Crippen LogP contribution in [0.2, 0.25) is 0 Å². The van der Waals surface area contributed by atoms with Crippen LogP contribution in [0.25, 0.3) is 11.1 Å². The van der Waals surface area contributed by atoms with E-state index >= 15 is 0 Å². The Morgan fingerprint density at radius 1 is 1.35 bits per heavy atom. The number of piperidine rings is 1. The summed E-state index contributed by atoms with van der Waals surface area (Å²) in [6, 6.07) is 2.78. The molecule has 10 heteroatoms. The molecule has 3 aromatic rings. The number of nitrogens with one attached hydrogen (secondary N) is 1. The molecule has 1 aliphatic rings. The number of fused-ring (bicyclic) bond motifs is 1. The number of rotatable bonds is 4. The lowest BCUT2D eigenvalue weighted by molar-refractivity contribution is -0.136. The largest absolute Gasteiger partial charge is 0.417 e. The molecule has 1 amide bonds. The van der Waals surface area contributed by atoms with Crippen molar-refractivity contribution in [3.05, 3.63) is 40.5 Å². The summed E-state index contributed by atoms with van der Waals surface area (Å²) in [7, 11) is 0. The van der Waals surface area contributed by atoms with Gasteiger partial charge in [-0.15, -0.1) is 0 Å². The fourth-order valence-electron chi connectivity index (χ4n) is 4.00. The zero-order valence-electron chi connectivity index (χ0n) is 17.6. The number of hydrogen-bond acceptors (Lipinski definition) is 5. The molecule has 3 aromatic heterocycles. The summed E-state index contributed by atoms with van der Waals surface area (Å²) < 4.78 is 46.5. The van der Waals surface area contributed by atoms with Gasteiger partial charge in [-0.25, -0.2) is 4.98 Å². The smallest absolute Gasteiger partial charge is 0.337 e. The van der Waals surface area contributed by atoms with E-state index in [1.165, 1.54) is 0 Å². The molecule has 0 bridgehead atoms. The van der Waals surface area contributed by atoms with Gasteiger partial charge in [-0.05, 0) is 37.3 Å². The Bertz CT molecular complexity index is 1100. The van der Waals surface area contributed by atoms with Crippen LogP contribution in [0.15, 0.2) is 16.7 Å². The van der Waals surface area contributed by atoms with Gasteiger partial charge in [0.25, 0.3) is 11.6 Å². The number of carbonyl (C=O) groups is 1. The molecule has 0 saturated carbocycles. The van der Waals surface area contributed by atoms with Gasteiger partial charge in [-0.1, -0.05) is 25.9 Å². The van der Waals surface area contributed by atoms with Gasteiger partial charge >= 0.3 is 6.18 Å². The molecule has 166 valence electrons. The molecule has 1 fully saturated rings. The monoisotopic (exact) mass is 435 g/mol. The van der Waals surface area contributed by atoms with Crippen molar-refractivity contribution < 1.29 is 22.5 Å². The zero-order valence-corrected chi connectivity index (χ0v) is 17.6. The standard InChI is InChI=1S/C21H24F3N5O2/c1-4-13-8-14(21(22,23)24)17-18(28-31-19(17)25-13)12-6-5-7-29(10-12)20(30)16-9-15(11(2)3)26-27-16/h8-9,11-12H,4-7,10H2,1-3H3,(H,26,27). The van der Waals surface area contributed by atoms with Crippen LogP contribution in [-0.4, -0.2) is 44.2 Å². The van der Waals surface area contributed by atoms with Gasteiger partial charge in [0.15, 0.2) is 0 Å². The Hall–Kier alpha value is -2.91. The highest BCUT2D eigenvalue weighted by Gasteiger charge is 2.38. The maximum Gasteiger partial charge on any atom is 0.417 e. The first kappa shape index (κ1) is 21.3. The van der Waals surface area contributed by atoms with Crippen LogP contribution < -0.4 is 0 Å². The maximum absolute atomic E-state index is 13.8. The molecule has 31 heavy (non-hydrogen) atoms. The minimum Gasteiger partial charge on any atom is -0.337 e. The quantitative estimate of drug-likeness (QED) is 0.643. The van der Waals surface area contributed by atoms with Crippen LogP contribution in [-0.2, 0) is 12.6 Å². The highest BCUT2D eigenvalue weighted by molar-refractivity contribution is 5.92. The molecule has 7 nitrogen and oxygen atoms in total. The Morgan fingerprint density at radius 2 is 2.13 bits per heavy atom. The van der Waals surface area contributed by atoms with E-state index in [1.807, 2.05) is 13.8 Å². The van der Waals surface area contributed by atoms with E-state index in [0.29, 0.717) is 37.2 Å². The second kappa shape index (κ2) is 7.97. The molecule has 0 aromatic carbocycles. The Kier molecular flexibility index (Phi) is 5.49. The second-order valence-electron chi connectivity index (χ2n) is 8.21. The highest BCUT2D eigenvalue weighted by Crippen LogP contribution is 2.40. The van der Waals surface area contributed by atoms with Crippen molar-refractivity contribution in [2.45, 2.75) is 58.0 Å². The molecule has 0 spiro atoms. The first-order chi connectivity index (χ1) is 14.7. The number of aromatic nitrogens is 4. The summed E-state index contributed by atoms with van der Waals surface area (Å²) in [4.78, 5) is 18.7. The van der Waals surface area contributed by atoms with Gasteiger partial charge in [-0.2, -0.15) is 18.3 Å². The first-order valence-electron chi connectivity index (χ1n) is 10.4. The van der Waals surface area contributed by atoms with E-state index < -0.39 is 11.7 Å². The van der Waals surface area contributed by atoms with Crippen LogP contribution >= 0.6 is 0 Å². The van der Waals surface area contributed by atoms with Gasteiger partial charge in [0.2, 0.25) is 0 Å². The minimum absolute atomic E-state index is 0.106. The topological polar surface area (TPSA) is 87.9 Å². The Balaban J connectivity index is 1.66. The SMILES string of the molecule is CCc1cc(C(F)(F)F)c2c(C3CCCN(C(=O)c4cc(C(C)C)[nH]n4)C3)noc2n1. The van der Waals surface area contributed by atoms with E-state index in [-0.39, 0.29) is 41.1 Å². The van der Waals surface area contributed by atoms with Crippen molar-refractivity contribution in [2.24, 2.45) is 0 Å². The molecule has 0 aliphatic carbocycles. The number of alkyl halides is 3. The third-order valence-electron chi connectivity index (χ3n) is 5.73. The van der Waals surface area contributed by atoms with Gasteiger partial charge in [0, 0.05) is 30.4 Å². The normalized spacial score (nSPS) is 17.6. The lowest BCUT2D eigenvalue weighted by atomic mass is 9.91. The average Bonchev–Trinajstić information content (AvgIpc) is 3.39. The molecular formula is C21H24F3N5O2. The van der Waals surface area contributed by atoms with Crippen molar-refractivity contribution in [3.63, 3.8) is 0 Å². The summed E-state index contributed by atoms with van der Waals surface area (Å²) in [6.07, 6.45) is -2.95. The van der Waals surface area contributed by atoms with Gasteiger partial charge < -0.3 is 9.42 Å². The van der Waals surface area contributed by atoms with Crippen molar-refractivity contribution in [3.8, 4) is 0 Å². The number of aromatic amines is 1. The molecule has 0 radical (unpaired) electrons. The molecular weight excluding hydrogens is 411 g/mol. The van der Waals surface area contributed by atoms with Crippen LogP contribution in [0, 0.1) is 0 Å². The van der Waals surface area contributed by atoms with Crippen molar-refractivity contribution >= 4 is 17.0 Å². The molecule has 4 rings (SSSR count). The summed E-state index contributed by atoms with van der Waals surface area (Å²) >= 11 is 0. The molecule has 1 unspecified atom stereocenters. The van der Waals surface area contributed by atoms with Gasteiger partial charge in [-0.3, -0.25) is 9.89 Å². The predicted molar refractivity (Wildman–Crippen MR) is 107 cm³/mol. The third kappa shape index (κ3) is 4.03. The first-order valence-corrected chi connectivity index (χ1v) is 10.4. The number of amides is 1. The summed E-state index contributed by atoms with van der Waals surface area (Å²) in [5, 5.41) is 10.8. The minimum atomic E-state index is -4.56. The van der Waals surface area contributed by atoms with E-state index in [2.05, 4.69) is 20.3 Å². The number of H-pyrrole nitrogens is 1. The summed E-state index contributed by atoms with van der Waals surface area (Å²) in [5.74, 6) is -0.424. The summed E-state index contributed by atoms with van der Waals surface area (Å²) in [5.41, 5.74) is 0.760. The molecule has 1 saturated heterocycles. The highest BCUT2D eigenvalue weighted by atomic mass is 19.4. The lowest BCUT2D eigenvalue weighted by Gasteiger charge is -2.31. The van der Waals surface area contributed by atoms with Gasteiger partial charge in [0.05, 0.1) is 16.6 Å². The fraction of sp³-hybridized carbons (Fsp3) is 0.524. The number of hydrogen-bond donors (Lipinski definition) is 1. The second-order valence-corrected chi connectivity index (χ2v) is 8.21. The van der Waals surface area contributed by atoms with Crippen LogP contribution in [0.5, 0.6) is 0 Å². The van der Waals surface area contributed by atoms with Gasteiger partial charge in [0.1, 0.15) is 5.69 Å². The molecule has 1 N–H and O–H groups in total. The number of nitrogens with zero attached hydrogens (tertiary/aromatic N) is 4. The van der Waals surface area contributed by atoms with E-state index in [1.54, 1.807) is 17.9 Å². The zero-order chi connectivity index (χ0) is 22.3. The Labute approximate surface area is 177 Å².